The van der Waals surface area contributed by atoms with Crippen LogP contribution in [0.3, 0.4) is 0 Å². The molecule has 3 N–H and O–H groups in total. The number of aryl methyl sites for hydroxylation is 1. The predicted octanol–water partition coefficient (Wildman–Crippen LogP) is 7.24. The van der Waals surface area contributed by atoms with Gasteiger partial charge in [-0.05, 0) is 62.4 Å². The molecule has 0 aliphatic rings. The van der Waals surface area contributed by atoms with E-state index in [9.17, 15) is 14.4 Å². The molecule has 0 fully saturated rings. The summed E-state index contributed by atoms with van der Waals surface area (Å²) in [4.78, 5) is 45.3. The Labute approximate surface area is 257 Å². The number of thiazole rings is 1. The first-order chi connectivity index (χ1) is 20.9. The summed E-state index contributed by atoms with van der Waals surface area (Å²) in [6, 6.07) is 29.0. The zero-order valence-electron chi connectivity index (χ0n) is 23.4. The lowest BCUT2D eigenvalue weighted by Gasteiger charge is -2.13. The zero-order valence-corrected chi connectivity index (χ0v) is 25.0. The van der Waals surface area contributed by atoms with Crippen LogP contribution in [0.4, 0.5) is 10.8 Å². The number of benzene rings is 3. The van der Waals surface area contributed by atoms with Crippen LogP contribution < -0.4 is 16.0 Å². The van der Waals surface area contributed by atoms with Crippen LogP contribution in [-0.4, -0.2) is 28.0 Å². The second-order valence-corrected chi connectivity index (χ2v) is 12.0. The van der Waals surface area contributed by atoms with E-state index in [1.165, 1.54) is 35.4 Å². The number of nitrogens with one attached hydrogen (secondary N) is 3. The van der Waals surface area contributed by atoms with Gasteiger partial charge in [-0.1, -0.05) is 48.5 Å². The number of furan rings is 1. The van der Waals surface area contributed by atoms with Crippen LogP contribution in [0.1, 0.15) is 27.9 Å². The maximum Gasteiger partial charge on any atom is 0.272 e. The Hall–Kier alpha value is -4.93. The van der Waals surface area contributed by atoms with Crippen LogP contribution in [0.15, 0.2) is 118 Å². The lowest BCUT2D eigenvalue weighted by atomic mass is 10.1. The first-order valence-electron chi connectivity index (χ1n) is 13.4. The minimum atomic E-state index is -0.512. The lowest BCUT2D eigenvalue weighted by Crippen LogP contribution is -2.30. The maximum absolute atomic E-state index is 13.1. The predicted molar refractivity (Wildman–Crippen MR) is 172 cm³/mol. The molecule has 5 rings (SSSR count). The van der Waals surface area contributed by atoms with Gasteiger partial charge in [0.05, 0.1) is 17.2 Å². The smallest absolute Gasteiger partial charge is 0.272 e. The molecule has 0 bridgehead atoms. The fourth-order valence-electron chi connectivity index (χ4n) is 4.05. The van der Waals surface area contributed by atoms with Crippen LogP contribution in [0, 0.1) is 6.92 Å². The average Bonchev–Trinajstić information content (AvgIpc) is 3.67. The molecule has 2 aromatic heterocycles. The van der Waals surface area contributed by atoms with Crippen molar-refractivity contribution in [2.45, 2.75) is 24.0 Å². The highest BCUT2D eigenvalue weighted by Gasteiger charge is 2.19. The molecular formula is C33H28N4O4S2. The Morgan fingerprint density at radius 1 is 0.884 bits per heavy atom. The van der Waals surface area contributed by atoms with E-state index in [1.807, 2.05) is 62.4 Å². The molecule has 0 saturated heterocycles. The third kappa shape index (κ3) is 7.88. The highest BCUT2D eigenvalue weighted by molar-refractivity contribution is 8.00. The van der Waals surface area contributed by atoms with Crippen molar-refractivity contribution in [2.75, 3.05) is 10.6 Å². The maximum atomic E-state index is 13.1. The summed E-state index contributed by atoms with van der Waals surface area (Å²) >= 11 is 2.84. The number of amides is 3. The van der Waals surface area contributed by atoms with E-state index in [2.05, 4.69) is 20.9 Å². The van der Waals surface area contributed by atoms with Crippen molar-refractivity contribution in [3.8, 4) is 11.3 Å². The monoisotopic (exact) mass is 608 g/mol. The topological polar surface area (TPSA) is 113 Å². The zero-order chi connectivity index (χ0) is 30.2. The van der Waals surface area contributed by atoms with Crippen molar-refractivity contribution < 1.29 is 18.8 Å². The Morgan fingerprint density at radius 3 is 2.26 bits per heavy atom. The molecule has 3 amide bonds. The minimum absolute atomic E-state index is 0.0281. The fraction of sp³-hybridized carbons (Fsp3) is 0.0909. The Bertz CT molecular complexity index is 1730. The van der Waals surface area contributed by atoms with Crippen LogP contribution in [0.2, 0.25) is 0 Å². The van der Waals surface area contributed by atoms with Gasteiger partial charge in [0.1, 0.15) is 11.5 Å². The van der Waals surface area contributed by atoms with Gasteiger partial charge < -0.3 is 20.4 Å². The van der Waals surface area contributed by atoms with Crippen molar-refractivity contribution in [1.82, 2.24) is 10.3 Å². The molecule has 3 aromatic carbocycles. The number of hydrogen-bond donors (Lipinski definition) is 3. The summed E-state index contributed by atoms with van der Waals surface area (Å²) in [6.07, 6.45) is 2.95. The molecule has 0 aliphatic heterocycles. The SMILES string of the molecule is Cc1sc(NC(=O)C(C)Sc2ccc(NC(=O)/C(=C/c3ccco3)NC(=O)c3ccccc3)cc2)nc1-c1ccccc1. The molecule has 216 valence electrons. The van der Waals surface area contributed by atoms with Crippen LogP contribution in [0.25, 0.3) is 17.3 Å². The molecule has 10 heteroatoms. The van der Waals surface area contributed by atoms with E-state index in [4.69, 9.17) is 4.42 Å². The second kappa shape index (κ2) is 13.8. The third-order valence-electron chi connectivity index (χ3n) is 6.23. The molecule has 0 radical (unpaired) electrons. The summed E-state index contributed by atoms with van der Waals surface area (Å²) in [5.41, 5.74) is 2.84. The van der Waals surface area contributed by atoms with Gasteiger partial charge in [0.25, 0.3) is 11.8 Å². The fourth-order valence-corrected chi connectivity index (χ4v) is 5.76. The number of thioether (sulfide) groups is 1. The van der Waals surface area contributed by atoms with Gasteiger partial charge >= 0.3 is 0 Å². The number of aromatic nitrogens is 1. The number of nitrogens with zero attached hydrogens (tertiary/aromatic N) is 1. The summed E-state index contributed by atoms with van der Waals surface area (Å²) in [5.74, 6) is -0.668. The minimum Gasteiger partial charge on any atom is -0.465 e. The van der Waals surface area contributed by atoms with Crippen molar-refractivity contribution >= 4 is 57.7 Å². The van der Waals surface area contributed by atoms with Gasteiger partial charge in [0, 0.05) is 32.7 Å². The third-order valence-corrected chi connectivity index (χ3v) is 8.23. The van der Waals surface area contributed by atoms with Crippen LogP contribution >= 0.6 is 23.1 Å². The van der Waals surface area contributed by atoms with Gasteiger partial charge in [-0.2, -0.15) is 0 Å². The van der Waals surface area contributed by atoms with Gasteiger partial charge in [-0.25, -0.2) is 4.98 Å². The summed E-state index contributed by atoms with van der Waals surface area (Å²) in [6.45, 7) is 3.82. The van der Waals surface area contributed by atoms with E-state index < -0.39 is 11.8 Å². The molecule has 43 heavy (non-hydrogen) atoms. The van der Waals surface area contributed by atoms with E-state index in [0.29, 0.717) is 22.1 Å². The van der Waals surface area contributed by atoms with Crippen molar-refractivity contribution in [3.05, 3.63) is 125 Å². The van der Waals surface area contributed by atoms with Crippen LogP contribution in [-0.2, 0) is 9.59 Å². The molecule has 0 saturated carbocycles. The first kappa shape index (κ1) is 29.6. The lowest BCUT2D eigenvalue weighted by molar-refractivity contribution is -0.115. The highest BCUT2D eigenvalue weighted by atomic mass is 32.2. The van der Waals surface area contributed by atoms with Crippen molar-refractivity contribution in [2.24, 2.45) is 0 Å². The summed E-state index contributed by atoms with van der Waals surface area (Å²) in [5, 5.41) is 8.58. The van der Waals surface area contributed by atoms with Gasteiger partial charge in [0.2, 0.25) is 5.91 Å². The Balaban J connectivity index is 1.20. The largest absolute Gasteiger partial charge is 0.465 e. The molecule has 1 atom stereocenters. The number of carbonyl (C=O) groups excluding carboxylic acids is 3. The van der Waals surface area contributed by atoms with E-state index >= 15 is 0 Å². The highest BCUT2D eigenvalue weighted by Crippen LogP contribution is 2.31. The van der Waals surface area contributed by atoms with E-state index in [0.717, 1.165) is 21.0 Å². The second-order valence-electron chi connectivity index (χ2n) is 9.41. The summed E-state index contributed by atoms with van der Waals surface area (Å²) in [7, 11) is 0. The molecular weight excluding hydrogens is 581 g/mol. The molecule has 2 heterocycles. The van der Waals surface area contributed by atoms with Gasteiger partial charge in [-0.3, -0.25) is 14.4 Å². The van der Waals surface area contributed by atoms with E-state index in [-0.39, 0.29) is 16.9 Å². The van der Waals surface area contributed by atoms with Crippen molar-refractivity contribution in [1.29, 1.82) is 0 Å². The molecule has 8 nitrogen and oxygen atoms in total. The summed E-state index contributed by atoms with van der Waals surface area (Å²) < 4.78 is 5.34. The molecule has 0 aliphatic carbocycles. The first-order valence-corrected chi connectivity index (χ1v) is 15.1. The average molecular weight is 609 g/mol. The normalized spacial score (nSPS) is 11.9. The van der Waals surface area contributed by atoms with Gasteiger partial charge in [0.15, 0.2) is 5.13 Å². The standard InChI is InChI=1S/C33H28N4O4S2/c1-21-29(23-10-5-3-6-11-23)36-33(43-21)37-30(38)22(2)42-27-17-15-25(16-18-27)34-32(40)28(20-26-14-9-19-41-26)35-31(39)24-12-7-4-8-13-24/h3-20,22H,1-2H3,(H,34,40)(H,35,39)(H,36,37,38)/b28-20-. The van der Waals surface area contributed by atoms with Crippen molar-refractivity contribution in [3.63, 3.8) is 0 Å². The number of rotatable bonds is 10. The van der Waals surface area contributed by atoms with E-state index in [1.54, 1.807) is 48.5 Å². The quantitative estimate of drug-likeness (QED) is 0.114. The Kier molecular flexibility index (Phi) is 9.50. The number of carbonyl (C=O) groups is 3. The Morgan fingerprint density at radius 2 is 1.58 bits per heavy atom. The number of anilines is 2. The molecule has 1 unspecified atom stereocenters. The molecule has 0 spiro atoms. The number of hydrogen-bond acceptors (Lipinski definition) is 7. The molecule has 5 aromatic rings. The van der Waals surface area contributed by atoms with Gasteiger partial charge in [-0.15, -0.1) is 23.1 Å². The van der Waals surface area contributed by atoms with Crippen LogP contribution in [0.5, 0.6) is 0 Å².